The Kier molecular flexibility index (Phi) is 3.74. The van der Waals surface area contributed by atoms with Crippen LogP contribution in [0.4, 0.5) is 13.2 Å². The summed E-state index contributed by atoms with van der Waals surface area (Å²) in [7, 11) is -2.05. The van der Waals surface area contributed by atoms with E-state index in [9.17, 15) is 21.6 Å². The van der Waals surface area contributed by atoms with Gasteiger partial charge < -0.3 is 0 Å². The highest BCUT2D eigenvalue weighted by atomic mass is 32.2. The van der Waals surface area contributed by atoms with Crippen LogP contribution in [-0.4, -0.2) is 26.8 Å². The Balaban J connectivity index is 3.87. The molecule has 0 N–H and O–H groups in total. The van der Waals surface area contributed by atoms with Crippen molar-refractivity contribution >= 4 is 10.0 Å². The Bertz CT molecular complexity index is 616. The molecule has 0 spiro atoms. The zero-order valence-corrected chi connectivity index (χ0v) is 10.7. The minimum absolute atomic E-state index is 0.546. The van der Waals surface area contributed by atoms with Gasteiger partial charge in [0.05, 0.1) is 5.56 Å². The van der Waals surface area contributed by atoms with Gasteiger partial charge in [-0.25, -0.2) is 25.9 Å². The highest BCUT2D eigenvalue weighted by Gasteiger charge is 2.31. The lowest BCUT2D eigenvalue weighted by Gasteiger charge is -2.16. The van der Waals surface area contributed by atoms with E-state index in [1.165, 1.54) is 0 Å². The summed E-state index contributed by atoms with van der Waals surface area (Å²) in [6, 6.07) is 0. The van der Waals surface area contributed by atoms with Gasteiger partial charge in [-0.15, -0.1) is 6.42 Å². The number of halogens is 3. The average molecular weight is 277 g/mol. The van der Waals surface area contributed by atoms with Crippen molar-refractivity contribution in [3.63, 3.8) is 0 Å². The van der Waals surface area contributed by atoms with Crippen molar-refractivity contribution in [2.24, 2.45) is 0 Å². The summed E-state index contributed by atoms with van der Waals surface area (Å²) >= 11 is 0. The largest absolute Gasteiger partial charge is 0.245 e. The van der Waals surface area contributed by atoms with Crippen molar-refractivity contribution in [1.29, 1.82) is 0 Å². The molecule has 98 valence electrons. The normalized spacial score (nSPS) is 11.7. The molecule has 0 aliphatic carbocycles. The van der Waals surface area contributed by atoms with Gasteiger partial charge in [0.15, 0.2) is 11.6 Å². The number of hydrogen-bond donors (Lipinski definition) is 0. The zero-order chi connectivity index (χ0) is 14.2. The van der Waals surface area contributed by atoms with Gasteiger partial charge in [0.1, 0.15) is 10.7 Å². The van der Waals surface area contributed by atoms with Gasteiger partial charge in [0.25, 0.3) is 0 Å². The standard InChI is InChI=1S/C11H10F3NO2S/c1-5-7-8(12)6(2)11(10(14)9(7)13)18(16,17)15(3)4/h1H,2-4H3. The van der Waals surface area contributed by atoms with Crippen molar-refractivity contribution in [3.05, 3.63) is 28.6 Å². The van der Waals surface area contributed by atoms with Crippen LogP contribution < -0.4 is 0 Å². The Labute approximate surface area is 103 Å². The number of sulfonamides is 1. The zero-order valence-electron chi connectivity index (χ0n) is 9.88. The Morgan fingerprint density at radius 3 is 2.00 bits per heavy atom. The molecule has 0 saturated heterocycles. The smallest absolute Gasteiger partial charge is 0.207 e. The maximum Gasteiger partial charge on any atom is 0.245 e. The Morgan fingerprint density at radius 2 is 1.61 bits per heavy atom. The van der Waals surface area contributed by atoms with E-state index in [0.29, 0.717) is 4.31 Å². The molecule has 0 bridgehead atoms. The average Bonchev–Trinajstić information content (AvgIpc) is 2.27. The van der Waals surface area contributed by atoms with E-state index in [4.69, 9.17) is 6.42 Å². The molecule has 7 heteroatoms. The summed E-state index contributed by atoms with van der Waals surface area (Å²) in [4.78, 5) is -1.04. The van der Waals surface area contributed by atoms with Crippen molar-refractivity contribution in [3.8, 4) is 12.3 Å². The molecule has 0 amide bonds. The number of rotatable bonds is 2. The van der Waals surface area contributed by atoms with Gasteiger partial charge in [0, 0.05) is 19.7 Å². The molecule has 1 aromatic rings. The number of hydrogen-bond acceptors (Lipinski definition) is 2. The molecule has 0 aromatic heterocycles. The first-order valence-corrected chi connectivity index (χ1v) is 6.16. The summed E-state index contributed by atoms with van der Waals surface area (Å²) in [5.41, 5.74) is -1.46. The first-order chi connectivity index (χ1) is 8.16. The molecule has 1 rings (SSSR count). The summed E-state index contributed by atoms with van der Waals surface area (Å²) in [6.45, 7) is 1.02. The van der Waals surface area contributed by atoms with E-state index in [2.05, 4.69) is 0 Å². The van der Waals surface area contributed by atoms with Crippen LogP contribution in [-0.2, 0) is 10.0 Å². The number of benzene rings is 1. The first kappa shape index (κ1) is 14.5. The second kappa shape index (κ2) is 4.63. The highest BCUT2D eigenvalue weighted by molar-refractivity contribution is 7.89. The number of nitrogens with zero attached hydrogens (tertiary/aromatic N) is 1. The van der Waals surface area contributed by atoms with E-state index in [1.54, 1.807) is 5.92 Å². The van der Waals surface area contributed by atoms with Crippen LogP contribution in [0.5, 0.6) is 0 Å². The molecule has 0 aliphatic rings. The van der Waals surface area contributed by atoms with Crippen LogP contribution in [0, 0.1) is 36.7 Å². The fourth-order valence-electron chi connectivity index (χ4n) is 1.37. The lowest BCUT2D eigenvalue weighted by molar-refractivity contribution is 0.453. The molecule has 0 aliphatic heterocycles. The fourth-order valence-corrected chi connectivity index (χ4v) is 2.53. The molecule has 0 radical (unpaired) electrons. The van der Waals surface area contributed by atoms with Crippen LogP contribution in [0.2, 0.25) is 0 Å². The van der Waals surface area contributed by atoms with E-state index in [0.717, 1.165) is 21.0 Å². The monoisotopic (exact) mass is 277 g/mol. The molecule has 0 saturated carbocycles. The minimum atomic E-state index is -4.30. The SMILES string of the molecule is C#Cc1c(F)c(C)c(S(=O)(=O)N(C)C)c(F)c1F. The summed E-state index contributed by atoms with van der Waals surface area (Å²) in [5.74, 6) is -2.95. The Hall–Kier alpha value is -1.52. The maximum absolute atomic E-state index is 13.7. The van der Waals surface area contributed by atoms with Gasteiger partial charge in [-0.1, -0.05) is 5.92 Å². The van der Waals surface area contributed by atoms with Crippen LogP contribution in [0.3, 0.4) is 0 Å². The topological polar surface area (TPSA) is 37.4 Å². The van der Waals surface area contributed by atoms with Crippen molar-refractivity contribution in [1.82, 2.24) is 4.31 Å². The van der Waals surface area contributed by atoms with Crippen molar-refractivity contribution in [2.45, 2.75) is 11.8 Å². The van der Waals surface area contributed by atoms with Crippen LogP contribution in [0.25, 0.3) is 0 Å². The molecule has 3 nitrogen and oxygen atoms in total. The number of terminal acetylenes is 1. The third-order valence-electron chi connectivity index (χ3n) is 2.38. The van der Waals surface area contributed by atoms with E-state index >= 15 is 0 Å². The van der Waals surface area contributed by atoms with E-state index in [1.807, 2.05) is 0 Å². The summed E-state index contributed by atoms with van der Waals surface area (Å²) < 4.78 is 65.0. The molecule has 0 atom stereocenters. The third kappa shape index (κ3) is 1.98. The predicted molar refractivity (Wildman–Crippen MR) is 59.9 cm³/mol. The van der Waals surface area contributed by atoms with Crippen LogP contribution >= 0.6 is 0 Å². The fraction of sp³-hybridized carbons (Fsp3) is 0.273. The lowest BCUT2D eigenvalue weighted by atomic mass is 10.1. The van der Waals surface area contributed by atoms with Crippen LogP contribution in [0.1, 0.15) is 11.1 Å². The van der Waals surface area contributed by atoms with Gasteiger partial charge >= 0.3 is 0 Å². The van der Waals surface area contributed by atoms with Crippen molar-refractivity contribution in [2.75, 3.05) is 14.1 Å². The molecular formula is C11H10F3NO2S. The van der Waals surface area contributed by atoms with E-state index < -0.39 is 43.5 Å². The van der Waals surface area contributed by atoms with Gasteiger partial charge in [0.2, 0.25) is 10.0 Å². The molecule has 0 unspecified atom stereocenters. The van der Waals surface area contributed by atoms with Crippen molar-refractivity contribution < 1.29 is 21.6 Å². The van der Waals surface area contributed by atoms with Gasteiger partial charge in [-0.2, -0.15) is 0 Å². The molecule has 1 aromatic carbocycles. The second-order valence-electron chi connectivity index (χ2n) is 3.70. The van der Waals surface area contributed by atoms with Gasteiger partial charge in [-0.05, 0) is 6.92 Å². The quantitative estimate of drug-likeness (QED) is 0.609. The molecule has 0 heterocycles. The molecular weight excluding hydrogens is 267 g/mol. The van der Waals surface area contributed by atoms with Gasteiger partial charge in [-0.3, -0.25) is 0 Å². The Morgan fingerprint density at radius 1 is 1.11 bits per heavy atom. The summed E-state index contributed by atoms with van der Waals surface area (Å²) in [5, 5.41) is 0. The lowest BCUT2D eigenvalue weighted by Crippen LogP contribution is -2.25. The maximum atomic E-state index is 13.7. The minimum Gasteiger partial charge on any atom is -0.207 e. The molecule has 18 heavy (non-hydrogen) atoms. The predicted octanol–water partition coefficient (Wildman–Crippen LogP) is 1.64. The summed E-state index contributed by atoms with van der Waals surface area (Å²) in [6.07, 6.45) is 4.85. The third-order valence-corrected chi connectivity index (χ3v) is 4.35. The molecule has 0 fully saturated rings. The van der Waals surface area contributed by atoms with Crippen LogP contribution in [0.15, 0.2) is 4.90 Å². The first-order valence-electron chi connectivity index (χ1n) is 4.72. The second-order valence-corrected chi connectivity index (χ2v) is 5.79. The van der Waals surface area contributed by atoms with E-state index in [-0.39, 0.29) is 0 Å². The highest BCUT2D eigenvalue weighted by Crippen LogP contribution is 2.29.